The molecule has 27 heavy (non-hydrogen) atoms. The van der Waals surface area contributed by atoms with Crippen LogP contribution in [0.15, 0.2) is 48.8 Å². The number of nitrogens with zero attached hydrogens (tertiary/aromatic N) is 3. The predicted octanol–water partition coefficient (Wildman–Crippen LogP) is 4.01. The number of hydrogen-bond acceptors (Lipinski definition) is 3. The van der Waals surface area contributed by atoms with E-state index in [9.17, 15) is 4.79 Å². The van der Waals surface area contributed by atoms with Crippen molar-refractivity contribution in [2.24, 2.45) is 5.92 Å². The van der Waals surface area contributed by atoms with Crippen LogP contribution in [0.4, 0.5) is 5.69 Å². The lowest BCUT2D eigenvalue weighted by Gasteiger charge is -2.39. The lowest BCUT2D eigenvalue weighted by Crippen LogP contribution is -2.50. The third-order valence-electron chi connectivity index (χ3n) is 6.22. The molecule has 4 heteroatoms. The number of pyridine rings is 1. The summed E-state index contributed by atoms with van der Waals surface area (Å²) in [7, 11) is 0. The zero-order valence-electron chi connectivity index (χ0n) is 16.2. The molecule has 2 fully saturated rings. The number of aromatic nitrogens is 1. The summed E-state index contributed by atoms with van der Waals surface area (Å²) in [6.45, 7) is 5.49. The van der Waals surface area contributed by atoms with Gasteiger partial charge in [0.25, 0.3) is 0 Å². The molecule has 142 valence electrons. The van der Waals surface area contributed by atoms with E-state index in [4.69, 9.17) is 0 Å². The highest BCUT2D eigenvalue weighted by atomic mass is 16.2. The van der Waals surface area contributed by atoms with Gasteiger partial charge in [0.2, 0.25) is 5.91 Å². The second-order valence-corrected chi connectivity index (χ2v) is 7.91. The maximum Gasteiger partial charge on any atom is 0.230 e. The lowest BCUT2D eigenvalue weighted by atomic mass is 9.83. The predicted molar refractivity (Wildman–Crippen MR) is 109 cm³/mol. The standard InChI is InChI=1S/C23H29N3O/c1-18-17-24-12-11-21(18)25-13-15-26(16-14-25)23(27)22(20-9-5-6-10-20)19-7-3-2-4-8-19/h2-4,7-8,11-12,17,20,22H,5-6,9-10,13-16H2,1H3/t22-/m1/s1. The third kappa shape index (κ3) is 3.85. The summed E-state index contributed by atoms with van der Waals surface area (Å²) in [4.78, 5) is 22.2. The normalized spacial score (nSPS) is 19.3. The molecule has 4 nitrogen and oxygen atoms in total. The van der Waals surface area contributed by atoms with E-state index in [2.05, 4.69) is 52.0 Å². The Morgan fingerprint density at radius 1 is 1.04 bits per heavy atom. The Morgan fingerprint density at radius 3 is 2.41 bits per heavy atom. The van der Waals surface area contributed by atoms with Gasteiger partial charge in [0.05, 0.1) is 5.92 Å². The molecule has 0 bridgehead atoms. The molecule has 1 aromatic heterocycles. The van der Waals surface area contributed by atoms with Crippen molar-refractivity contribution in [1.29, 1.82) is 0 Å². The molecule has 0 spiro atoms. The third-order valence-corrected chi connectivity index (χ3v) is 6.22. The Morgan fingerprint density at radius 2 is 1.74 bits per heavy atom. The van der Waals surface area contributed by atoms with E-state index >= 15 is 0 Å². The Balaban J connectivity index is 1.47. The number of carbonyl (C=O) groups excluding carboxylic acids is 1. The first-order valence-electron chi connectivity index (χ1n) is 10.2. The Kier molecular flexibility index (Phi) is 5.42. The van der Waals surface area contributed by atoms with Gasteiger partial charge in [-0.2, -0.15) is 0 Å². The summed E-state index contributed by atoms with van der Waals surface area (Å²) < 4.78 is 0. The van der Waals surface area contributed by atoms with Crippen LogP contribution in [0, 0.1) is 12.8 Å². The molecule has 2 aliphatic rings. The summed E-state index contributed by atoms with van der Waals surface area (Å²) in [5.41, 5.74) is 3.64. The highest BCUT2D eigenvalue weighted by Gasteiger charge is 2.35. The number of benzene rings is 1. The summed E-state index contributed by atoms with van der Waals surface area (Å²) >= 11 is 0. The smallest absolute Gasteiger partial charge is 0.230 e. The van der Waals surface area contributed by atoms with Crippen molar-refractivity contribution >= 4 is 11.6 Å². The van der Waals surface area contributed by atoms with E-state index in [1.165, 1.54) is 42.5 Å². The average molecular weight is 364 g/mol. The molecule has 2 aromatic rings. The largest absolute Gasteiger partial charge is 0.368 e. The van der Waals surface area contributed by atoms with Crippen molar-refractivity contribution < 1.29 is 4.79 Å². The molecule has 2 heterocycles. The van der Waals surface area contributed by atoms with Crippen LogP contribution in [0.5, 0.6) is 0 Å². The van der Waals surface area contributed by atoms with E-state index in [1.807, 2.05) is 18.5 Å². The van der Waals surface area contributed by atoms with Crippen LogP contribution in [0.3, 0.4) is 0 Å². The average Bonchev–Trinajstić information content (AvgIpc) is 3.24. The summed E-state index contributed by atoms with van der Waals surface area (Å²) in [6.07, 6.45) is 8.65. The fraction of sp³-hybridized carbons (Fsp3) is 0.478. The molecule has 1 aliphatic carbocycles. The quantitative estimate of drug-likeness (QED) is 0.823. The number of amides is 1. The van der Waals surface area contributed by atoms with Gasteiger partial charge in [-0.05, 0) is 42.9 Å². The van der Waals surface area contributed by atoms with Crippen LogP contribution in [0.1, 0.15) is 42.7 Å². The van der Waals surface area contributed by atoms with Crippen LogP contribution < -0.4 is 4.90 Å². The maximum absolute atomic E-state index is 13.5. The van der Waals surface area contributed by atoms with E-state index in [0.717, 1.165) is 26.2 Å². The first-order valence-corrected chi connectivity index (χ1v) is 10.2. The topological polar surface area (TPSA) is 36.4 Å². The van der Waals surface area contributed by atoms with Gasteiger partial charge in [-0.1, -0.05) is 43.2 Å². The van der Waals surface area contributed by atoms with Gasteiger partial charge >= 0.3 is 0 Å². The summed E-state index contributed by atoms with van der Waals surface area (Å²) in [6, 6.07) is 12.5. The molecule has 0 unspecified atom stereocenters. The second-order valence-electron chi connectivity index (χ2n) is 7.91. The first-order chi connectivity index (χ1) is 13.2. The SMILES string of the molecule is Cc1cnccc1N1CCN(C(=O)[C@H](c2ccccc2)C2CCCC2)CC1. The Hall–Kier alpha value is -2.36. The zero-order chi connectivity index (χ0) is 18.6. The van der Waals surface area contributed by atoms with Crippen molar-refractivity contribution in [2.45, 2.75) is 38.5 Å². The summed E-state index contributed by atoms with van der Waals surface area (Å²) in [5.74, 6) is 0.863. The molecular formula is C23H29N3O. The van der Waals surface area contributed by atoms with Crippen molar-refractivity contribution in [3.05, 3.63) is 59.9 Å². The molecule has 0 radical (unpaired) electrons. The van der Waals surface area contributed by atoms with Crippen molar-refractivity contribution in [3.8, 4) is 0 Å². The monoisotopic (exact) mass is 363 g/mol. The van der Waals surface area contributed by atoms with Crippen molar-refractivity contribution in [2.75, 3.05) is 31.1 Å². The molecule has 1 aromatic carbocycles. The Labute approximate surface area is 162 Å². The van der Waals surface area contributed by atoms with Gasteiger partial charge in [0.1, 0.15) is 0 Å². The number of carbonyl (C=O) groups is 1. The van der Waals surface area contributed by atoms with Gasteiger partial charge in [-0.25, -0.2) is 0 Å². The molecule has 1 saturated carbocycles. The van der Waals surface area contributed by atoms with Crippen LogP contribution in [0.2, 0.25) is 0 Å². The molecule has 1 atom stereocenters. The lowest BCUT2D eigenvalue weighted by molar-refractivity contribution is -0.134. The van der Waals surface area contributed by atoms with Crippen molar-refractivity contribution in [3.63, 3.8) is 0 Å². The highest BCUT2D eigenvalue weighted by molar-refractivity contribution is 5.84. The molecular weight excluding hydrogens is 334 g/mol. The highest BCUT2D eigenvalue weighted by Crippen LogP contribution is 2.38. The van der Waals surface area contributed by atoms with E-state index in [1.54, 1.807) is 0 Å². The van der Waals surface area contributed by atoms with Crippen LogP contribution in [0.25, 0.3) is 0 Å². The number of piperazine rings is 1. The number of rotatable bonds is 4. The minimum absolute atomic E-state index is 0.0305. The van der Waals surface area contributed by atoms with Crippen LogP contribution in [-0.2, 0) is 4.79 Å². The van der Waals surface area contributed by atoms with Gasteiger partial charge in [0.15, 0.2) is 0 Å². The number of hydrogen-bond donors (Lipinski definition) is 0. The fourth-order valence-electron chi connectivity index (χ4n) is 4.75. The van der Waals surface area contributed by atoms with Gasteiger partial charge in [0, 0.05) is 44.3 Å². The first kappa shape index (κ1) is 18.0. The molecule has 1 aliphatic heterocycles. The van der Waals surface area contributed by atoms with Crippen LogP contribution in [-0.4, -0.2) is 42.0 Å². The van der Waals surface area contributed by atoms with Gasteiger partial charge in [-0.3, -0.25) is 9.78 Å². The minimum Gasteiger partial charge on any atom is -0.368 e. The van der Waals surface area contributed by atoms with Gasteiger partial charge < -0.3 is 9.80 Å². The van der Waals surface area contributed by atoms with E-state index in [0.29, 0.717) is 11.8 Å². The Bertz CT molecular complexity index is 762. The van der Waals surface area contributed by atoms with E-state index in [-0.39, 0.29) is 5.92 Å². The molecule has 4 rings (SSSR count). The second kappa shape index (κ2) is 8.12. The maximum atomic E-state index is 13.5. The number of aryl methyl sites for hydroxylation is 1. The summed E-state index contributed by atoms with van der Waals surface area (Å²) in [5, 5.41) is 0. The zero-order valence-corrected chi connectivity index (χ0v) is 16.2. The number of anilines is 1. The molecule has 0 N–H and O–H groups in total. The van der Waals surface area contributed by atoms with Gasteiger partial charge in [-0.15, -0.1) is 0 Å². The minimum atomic E-state index is 0.0305. The molecule has 1 amide bonds. The van der Waals surface area contributed by atoms with E-state index < -0.39 is 0 Å². The molecule has 1 saturated heterocycles. The van der Waals surface area contributed by atoms with Crippen LogP contribution >= 0.6 is 0 Å². The van der Waals surface area contributed by atoms with Crippen molar-refractivity contribution in [1.82, 2.24) is 9.88 Å². The fourth-order valence-corrected chi connectivity index (χ4v) is 4.75.